The summed E-state index contributed by atoms with van der Waals surface area (Å²) >= 11 is 0. The van der Waals surface area contributed by atoms with Gasteiger partial charge in [-0.3, -0.25) is 0 Å². The van der Waals surface area contributed by atoms with Crippen LogP contribution >= 0.6 is 0 Å². The highest BCUT2D eigenvalue weighted by Crippen LogP contribution is 1.21. The van der Waals surface area contributed by atoms with E-state index in [1.165, 1.54) is 0 Å². The van der Waals surface area contributed by atoms with E-state index in [1.807, 2.05) is 0 Å². The molecular weight excluding hydrogens is 76.1 g/mol. The van der Waals surface area contributed by atoms with Crippen molar-refractivity contribution in [1.29, 1.82) is 4.78 Å². The zero-order valence-electron chi connectivity index (χ0n) is 1.93. The molecule has 0 aromatic rings. The van der Waals surface area contributed by atoms with Gasteiger partial charge in [0.2, 0.25) is 0 Å². The van der Waals surface area contributed by atoms with Crippen LogP contribution in [0.15, 0.2) is 0 Å². The SMILES string of the molecule is N=[SH](N)=O. The van der Waals surface area contributed by atoms with Crippen LogP contribution in [0.25, 0.3) is 0 Å². The van der Waals surface area contributed by atoms with Gasteiger partial charge in [-0.1, -0.05) is 0 Å². The summed E-state index contributed by atoms with van der Waals surface area (Å²) in [5.74, 6) is 0. The molecule has 0 aromatic heterocycles. The van der Waals surface area contributed by atoms with Crippen LogP contribution in [0.4, 0.5) is 0 Å². The van der Waals surface area contributed by atoms with Gasteiger partial charge in [0.25, 0.3) is 0 Å². The molecule has 0 spiro atoms. The highest BCUT2D eigenvalue weighted by molar-refractivity contribution is 7.71. The molecule has 0 radical (unpaired) electrons. The van der Waals surface area contributed by atoms with Crippen LogP contribution in [0.2, 0.25) is 0 Å². The quantitative estimate of drug-likeness (QED) is 0.324. The number of thiol groups is 1. The Kier molecular flexibility index (Phi) is 1.23. The second-order valence-corrected chi connectivity index (χ2v) is 0.977. The summed E-state index contributed by atoms with van der Waals surface area (Å²) in [6.45, 7) is 0. The Morgan fingerprint density at radius 2 is 2.00 bits per heavy atom. The van der Waals surface area contributed by atoms with Crippen LogP contribution in [-0.2, 0) is 10.8 Å². The Bertz CT molecular complexity index is 54.4. The molecule has 0 amide bonds. The first-order chi connectivity index (χ1) is 1.73. The van der Waals surface area contributed by atoms with Gasteiger partial charge in [0.15, 0.2) is 0 Å². The van der Waals surface area contributed by atoms with Crippen molar-refractivity contribution in [3.05, 3.63) is 0 Å². The van der Waals surface area contributed by atoms with Crippen molar-refractivity contribution in [2.24, 2.45) is 5.14 Å². The third kappa shape index (κ3) is 195. The topological polar surface area (TPSA) is 66.9 Å². The molecule has 0 rings (SSSR count). The first-order valence-corrected chi connectivity index (χ1v) is 1.99. The van der Waals surface area contributed by atoms with Crippen LogP contribution in [0.1, 0.15) is 0 Å². The largest absolute Gasteiger partial charge is 0.248 e. The van der Waals surface area contributed by atoms with Crippen LogP contribution in [0.5, 0.6) is 0 Å². The molecule has 0 aliphatic rings. The normalized spacial score (nSPS) is 15.2. The van der Waals surface area contributed by atoms with E-state index < -0.39 is 10.8 Å². The fourth-order valence-electron chi connectivity index (χ4n) is 0. The molecule has 0 fully saturated rings. The van der Waals surface area contributed by atoms with Gasteiger partial charge in [0, 0.05) is 0 Å². The summed E-state index contributed by atoms with van der Waals surface area (Å²) in [5.41, 5.74) is 0. The molecular formula is H4N2OS. The van der Waals surface area contributed by atoms with E-state index in [1.54, 1.807) is 0 Å². The van der Waals surface area contributed by atoms with Crippen molar-refractivity contribution < 1.29 is 4.21 Å². The summed E-state index contributed by atoms with van der Waals surface area (Å²) < 4.78 is 14.9. The number of nitrogens with one attached hydrogen (secondary N) is 1. The maximum atomic E-state index is 9.04. The Morgan fingerprint density at radius 1 is 2.00 bits per heavy atom. The molecule has 26 valence electrons. The molecule has 0 saturated carbocycles. The smallest absolute Gasteiger partial charge is 0.0911 e. The molecule has 1 atom stereocenters. The fraction of sp³-hybridized carbons (Fsp3) is 0. The zero-order valence-corrected chi connectivity index (χ0v) is 2.83. The summed E-state index contributed by atoms with van der Waals surface area (Å²) in [5, 5.41) is 4.29. The summed E-state index contributed by atoms with van der Waals surface area (Å²) in [6, 6.07) is 0. The number of hydrogen-bond acceptors (Lipinski definition) is 2. The van der Waals surface area contributed by atoms with Crippen LogP contribution in [0.3, 0.4) is 0 Å². The third-order valence-corrected chi connectivity index (χ3v) is 0. The monoisotopic (exact) mass is 80.0 g/mol. The minimum absolute atomic E-state index is 2.12. The second-order valence-electron chi connectivity index (χ2n) is 0.326. The molecule has 4 heavy (non-hydrogen) atoms. The van der Waals surface area contributed by atoms with Crippen LogP contribution in [0, 0.1) is 4.78 Å². The van der Waals surface area contributed by atoms with E-state index in [2.05, 4.69) is 5.14 Å². The highest BCUT2D eigenvalue weighted by atomic mass is 32.2. The summed E-state index contributed by atoms with van der Waals surface area (Å²) in [7, 11) is -2.12. The van der Waals surface area contributed by atoms with E-state index in [0.29, 0.717) is 0 Å². The third-order valence-electron chi connectivity index (χ3n) is 0. The molecule has 3 nitrogen and oxygen atoms in total. The van der Waals surface area contributed by atoms with Crippen molar-refractivity contribution in [3.8, 4) is 0 Å². The standard InChI is InChI=1S/H4N2OS/c1-4(2)3/h4H,(H3,1,2,3). The summed E-state index contributed by atoms with van der Waals surface area (Å²) in [6.07, 6.45) is 0. The lowest BCUT2D eigenvalue weighted by atomic mass is 13.9. The Morgan fingerprint density at radius 3 is 2.00 bits per heavy atom. The molecule has 0 saturated heterocycles. The Hall–Kier alpha value is -0.0900. The lowest BCUT2D eigenvalue weighted by Crippen LogP contribution is -1.83. The van der Waals surface area contributed by atoms with Gasteiger partial charge in [-0.2, -0.15) is 0 Å². The molecule has 1 unspecified atom stereocenters. The van der Waals surface area contributed by atoms with Crippen molar-refractivity contribution >= 4 is 10.8 Å². The van der Waals surface area contributed by atoms with Crippen LogP contribution < -0.4 is 5.14 Å². The van der Waals surface area contributed by atoms with Crippen molar-refractivity contribution in [2.75, 3.05) is 0 Å². The van der Waals surface area contributed by atoms with E-state index in [4.69, 9.17) is 8.99 Å². The zero-order chi connectivity index (χ0) is 3.58. The minimum Gasteiger partial charge on any atom is -0.248 e. The van der Waals surface area contributed by atoms with Gasteiger partial charge in [0.05, 0.1) is 10.8 Å². The van der Waals surface area contributed by atoms with E-state index in [9.17, 15) is 0 Å². The van der Waals surface area contributed by atoms with E-state index in [-0.39, 0.29) is 0 Å². The first kappa shape index (κ1) is 3.91. The first-order valence-electron chi connectivity index (χ1n) is 0.664. The molecule has 0 aliphatic carbocycles. The summed E-state index contributed by atoms with van der Waals surface area (Å²) in [4.78, 5) is 0. The fourth-order valence-corrected chi connectivity index (χ4v) is 0. The second kappa shape index (κ2) is 1.25. The van der Waals surface area contributed by atoms with Gasteiger partial charge < -0.3 is 0 Å². The molecule has 0 heterocycles. The van der Waals surface area contributed by atoms with Gasteiger partial charge in [-0.15, -0.1) is 0 Å². The lowest BCUT2D eigenvalue weighted by molar-refractivity contribution is 0.688. The molecule has 0 aromatic carbocycles. The molecule has 3 N–H and O–H groups in total. The average Bonchev–Trinajstić information content (AvgIpc) is 0.811. The molecule has 0 aliphatic heterocycles. The van der Waals surface area contributed by atoms with Gasteiger partial charge in [-0.25, -0.2) is 14.1 Å². The van der Waals surface area contributed by atoms with Gasteiger partial charge >= 0.3 is 0 Å². The van der Waals surface area contributed by atoms with Crippen molar-refractivity contribution in [1.82, 2.24) is 0 Å². The highest BCUT2D eigenvalue weighted by Gasteiger charge is 1.35. The molecule has 4 heteroatoms. The maximum Gasteiger partial charge on any atom is 0.0911 e. The van der Waals surface area contributed by atoms with Crippen molar-refractivity contribution in [3.63, 3.8) is 0 Å². The van der Waals surface area contributed by atoms with Gasteiger partial charge in [0.1, 0.15) is 0 Å². The average molecular weight is 80.1 g/mol. The van der Waals surface area contributed by atoms with Gasteiger partial charge in [-0.05, 0) is 0 Å². The van der Waals surface area contributed by atoms with E-state index in [0.717, 1.165) is 0 Å². The lowest BCUT2D eigenvalue weighted by Gasteiger charge is -1.50. The minimum atomic E-state index is -2.12. The predicted octanol–water partition coefficient (Wildman–Crippen LogP) is -0.897. The maximum absolute atomic E-state index is 9.04. The van der Waals surface area contributed by atoms with E-state index >= 15 is 0 Å². The Balaban J connectivity index is 3.51. The number of rotatable bonds is 0. The van der Waals surface area contributed by atoms with Crippen LogP contribution in [-0.4, -0.2) is 4.21 Å². The molecule has 0 bridgehead atoms. The number of nitrogens with two attached hydrogens (primary N) is 1. The predicted molar refractivity (Wildman–Crippen MR) is 16.4 cm³/mol. The number of hydrogen-bond donors (Lipinski definition) is 3. The Labute approximate surface area is 26.0 Å². The van der Waals surface area contributed by atoms with Crippen molar-refractivity contribution in [2.45, 2.75) is 0 Å².